The molecule has 0 aromatic heterocycles. The predicted molar refractivity (Wildman–Crippen MR) is 128 cm³/mol. The molecule has 0 radical (unpaired) electrons. The van der Waals surface area contributed by atoms with Crippen molar-refractivity contribution >= 4 is 11.8 Å². The van der Waals surface area contributed by atoms with Crippen molar-refractivity contribution in [1.82, 2.24) is 10.6 Å². The summed E-state index contributed by atoms with van der Waals surface area (Å²) in [6, 6.07) is 17.3. The van der Waals surface area contributed by atoms with Gasteiger partial charge in [-0.1, -0.05) is 0 Å². The number of ether oxygens (including phenoxy) is 4. The summed E-state index contributed by atoms with van der Waals surface area (Å²) in [6.07, 6.45) is 0. The number of methoxy groups -OCH3 is 4. The van der Waals surface area contributed by atoms with Gasteiger partial charge in [0.2, 0.25) is 0 Å². The number of amides is 2. The molecule has 8 nitrogen and oxygen atoms in total. The Hall–Kier alpha value is -4.20. The molecule has 3 rings (SSSR count). The topological polar surface area (TPSA) is 95.1 Å². The van der Waals surface area contributed by atoms with Crippen molar-refractivity contribution in [2.45, 2.75) is 13.1 Å². The average molecular weight is 465 g/mol. The minimum Gasteiger partial charge on any atom is -0.497 e. The molecule has 0 saturated heterocycles. The summed E-state index contributed by atoms with van der Waals surface area (Å²) in [6.45, 7) is 0.579. The van der Waals surface area contributed by atoms with E-state index in [-0.39, 0.29) is 24.9 Å². The van der Waals surface area contributed by atoms with Crippen LogP contribution in [0.4, 0.5) is 0 Å². The van der Waals surface area contributed by atoms with Gasteiger partial charge in [-0.05, 0) is 48.5 Å². The largest absolute Gasteiger partial charge is 0.497 e. The van der Waals surface area contributed by atoms with Crippen LogP contribution in [-0.4, -0.2) is 40.3 Å². The Labute approximate surface area is 198 Å². The van der Waals surface area contributed by atoms with Crippen LogP contribution >= 0.6 is 0 Å². The van der Waals surface area contributed by atoms with Crippen LogP contribution in [-0.2, 0) is 13.1 Å². The average Bonchev–Trinajstić information content (AvgIpc) is 2.90. The maximum Gasteiger partial charge on any atom is 0.251 e. The van der Waals surface area contributed by atoms with E-state index in [4.69, 9.17) is 18.9 Å². The van der Waals surface area contributed by atoms with Crippen LogP contribution in [0.2, 0.25) is 0 Å². The summed E-state index contributed by atoms with van der Waals surface area (Å²) in [5.41, 5.74) is 2.53. The van der Waals surface area contributed by atoms with Crippen molar-refractivity contribution in [3.63, 3.8) is 0 Å². The van der Waals surface area contributed by atoms with E-state index in [1.165, 1.54) is 0 Å². The molecule has 0 aliphatic rings. The van der Waals surface area contributed by atoms with Gasteiger partial charge in [0, 0.05) is 47.5 Å². The van der Waals surface area contributed by atoms with E-state index < -0.39 is 0 Å². The van der Waals surface area contributed by atoms with Gasteiger partial charge < -0.3 is 29.6 Å². The maximum atomic E-state index is 12.6. The standard InChI is InChI=1S/C26H28N2O6/c1-31-21-11-9-19(23(13-21)33-3)15-27-25(29)17-5-7-18(8-6-17)26(30)28-16-20-10-12-22(32-2)14-24(20)34-4/h5-14H,15-16H2,1-4H3,(H,27,29)(H,28,30). The molecular formula is C26H28N2O6. The van der Waals surface area contributed by atoms with Crippen LogP contribution in [0, 0.1) is 0 Å². The number of hydrogen-bond donors (Lipinski definition) is 2. The number of hydrogen-bond acceptors (Lipinski definition) is 6. The Morgan fingerprint density at radius 3 is 1.29 bits per heavy atom. The summed E-state index contributed by atoms with van der Waals surface area (Å²) in [5, 5.41) is 5.72. The normalized spacial score (nSPS) is 10.2. The Balaban J connectivity index is 1.58. The maximum absolute atomic E-state index is 12.6. The van der Waals surface area contributed by atoms with Crippen LogP contribution in [0.3, 0.4) is 0 Å². The summed E-state index contributed by atoms with van der Waals surface area (Å²) in [7, 11) is 6.29. The molecule has 2 amide bonds. The molecule has 0 atom stereocenters. The van der Waals surface area contributed by atoms with E-state index in [0.717, 1.165) is 11.1 Å². The van der Waals surface area contributed by atoms with Crippen LogP contribution in [0.1, 0.15) is 31.8 Å². The van der Waals surface area contributed by atoms with E-state index >= 15 is 0 Å². The fourth-order valence-corrected chi connectivity index (χ4v) is 3.32. The third-order valence-corrected chi connectivity index (χ3v) is 5.28. The second-order valence-corrected chi connectivity index (χ2v) is 7.30. The fourth-order valence-electron chi connectivity index (χ4n) is 3.32. The molecule has 34 heavy (non-hydrogen) atoms. The SMILES string of the molecule is COc1ccc(CNC(=O)c2ccc(C(=O)NCc3ccc(OC)cc3OC)cc2)c(OC)c1. The molecule has 0 unspecified atom stereocenters. The van der Waals surface area contributed by atoms with Gasteiger partial charge in [0.1, 0.15) is 23.0 Å². The molecule has 0 heterocycles. The minimum atomic E-state index is -0.257. The number of benzene rings is 3. The molecular weight excluding hydrogens is 436 g/mol. The summed E-state index contributed by atoms with van der Waals surface area (Å²) in [5.74, 6) is 2.08. The van der Waals surface area contributed by atoms with E-state index in [2.05, 4.69) is 10.6 Å². The van der Waals surface area contributed by atoms with Crippen LogP contribution in [0.5, 0.6) is 23.0 Å². The Bertz CT molecular complexity index is 1050. The Morgan fingerprint density at radius 2 is 0.971 bits per heavy atom. The Morgan fingerprint density at radius 1 is 0.588 bits per heavy atom. The molecule has 0 spiro atoms. The van der Waals surface area contributed by atoms with Gasteiger partial charge in [-0.2, -0.15) is 0 Å². The first-order valence-electron chi connectivity index (χ1n) is 10.6. The molecule has 0 bridgehead atoms. The van der Waals surface area contributed by atoms with E-state index in [1.807, 2.05) is 12.1 Å². The minimum absolute atomic E-state index is 0.257. The first-order chi connectivity index (χ1) is 16.5. The molecule has 3 aromatic carbocycles. The van der Waals surface area contributed by atoms with Crippen LogP contribution < -0.4 is 29.6 Å². The lowest BCUT2D eigenvalue weighted by Gasteiger charge is -2.12. The number of carbonyl (C=O) groups is 2. The van der Waals surface area contributed by atoms with E-state index in [1.54, 1.807) is 77.0 Å². The van der Waals surface area contributed by atoms with E-state index in [9.17, 15) is 9.59 Å². The molecule has 178 valence electrons. The quantitative estimate of drug-likeness (QED) is 0.476. The smallest absolute Gasteiger partial charge is 0.251 e. The fraction of sp³-hybridized carbons (Fsp3) is 0.231. The summed E-state index contributed by atoms with van der Waals surface area (Å²) >= 11 is 0. The third kappa shape index (κ3) is 5.98. The van der Waals surface area contributed by atoms with Gasteiger partial charge >= 0.3 is 0 Å². The van der Waals surface area contributed by atoms with Crippen molar-refractivity contribution in [2.24, 2.45) is 0 Å². The lowest BCUT2D eigenvalue weighted by atomic mass is 10.1. The van der Waals surface area contributed by atoms with Gasteiger partial charge in [0.15, 0.2) is 0 Å². The molecule has 0 aliphatic heterocycles. The molecule has 0 saturated carbocycles. The van der Waals surface area contributed by atoms with Gasteiger partial charge in [-0.25, -0.2) is 0 Å². The summed E-state index contributed by atoms with van der Waals surface area (Å²) in [4.78, 5) is 25.1. The third-order valence-electron chi connectivity index (χ3n) is 5.28. The van der Waals surface area contributed by atoms with Gasteiger partial charge in [0.25, 0.3) is 11.8 Å². The highest BCUT2D eigenvalue weighted by Crippen LogP contribution is 2.25. The van der Waals surface area contributed by atoms with Gasteiger partial charge in [-0.3, -0.25) is 9.59 Å². The van der Waals surface area contributed by atoms with Crippen molar-refractivity contribution in [2.75, 3.05) is 28.4 Å². The first kappa shape index (κ1) is 24.4. The lowest BCUT2D eigenvalue weighted by molar-refractivity contribution is 0.0939. The molecule has 2 N–H and O–H groups in total. The molecule has 0 aliphatic carbocycles. The van der Waals surface area contributed by atoms with Crippen molar-refractivity contribution < 1.29 is 28.5 Å². The van der Waals surface area contributed by atoms with Crippen molar-refractivity contribution in [3.8, 4) is 23.0 Å². The van der Waals surface area contributed by atoms with Gasteiger partial charge in [0.05, 0.1) is 28.4 Å². The number of rotatable bonds is 10. The highest BCUT2D eigenvalue weighted by Gasteiger charge is 2.12. The zero-order valence-electron chi connectivity index (χ0n) is 19.6. The number of carbonyl (C=O) groups excluding carboxylic acids is 2. The first-order valence-corrected chi connectivity index (χ1v) is 10.6. The molecule has 0 fully saturated rings. The molecule has 8 heteroatoms. The zero-order chi connectivity index (χ0) is 24.5. The van der Waals surface area contributed by atoms with E-state index in [0.29, 0.717) is 34.1 Å². The second-order valence-electron chi connectivity index (χ2n) is 7.30. The molecule has 3 aromatic rings. The van der Waals surface area contributed by atoms with Crippen LogP contribution in [0.25, 0.3) is 0 Å². The number of nitrogens with one attached hydrogen (secondary N) is 2. The predicted octanol–water partition coefficient (Wildman–Crippen LogP) is 3.58. The second kappa shape index (κ2) is 11.6. The van der Waals surface area contributed by atoms with Crippen molar-refractivity contribution in [1.29, 1.82) is 0 Å². The van der Waals surface area contributed by atoms with Gasteiger partial charge in [-0.15, -0.1) is 0 Å². The van der Waals surface area contributed by atoms with Crippen molar-refractivity contribution in [3.05, 3.63) is 82.9 Å². The highest BCUT2D eigenvalue weighted by molar-refractivity contribution is 5.97. The lowest BCUT2D eigenvalue weighted by Crippen LogP contribution is -2.24. The Kier molecular flexibility index (Phi) is 8.34. The highest BCUT2D eigenvalue weighted by atomic mass is 16.5. The zero-order valence-corrected chi connectivity index (χ0v) is 19.6. The summed E-state index contributed by atoms with van der Waals surface area (Å²) < 4.78 is 21.1. The monoisotopic (exact) mass is 464 g/mol. The van der Waals surface area contributed by atoms with Crippen LogP contribution in [0.15, 0.2) is 60.7 Å².